The van der Waals surface area contributed by atoms with Crippen LogP contribution in [0.5, 0.6) is 0 Å². The van der Waals surface area contributed by atoms with E-state index >= 15 is 0 Å². The van der Waals surface area contributed by atoms with Crippen LogP contribution >= 0.6 is 23.8 Å². The van der Waals surface area contributed by atoms with Crippen molar-refractivity contribution in [3.8, 4) is 17.1 Å². The molecule has 1 aliphatic rings. The van der Waals surface area contributed by atoms with Crippen LogP contribution in [0, 0.1) is 11.7 Å². The Hall–Kier alpha value is -2.00. The van der Waals surface area contributed by atoms with Crippen LogP contribution in [0.15, 0.2) is 48.5 Å². The van der Waals surface area contributed by atoms with Crippen LogP contribution in [-0.2, 0) is 16.5 Å². The van der Waals surface area contributed by atoms with E-state index in [0.717, 1.165) is 29.2 Å². The Kier molecular flexibility index (Phi) is 6.35. The first kappa shape index (κ1) is 22.2. The summed E-state index contributed by atoms with van der Waals surface area (Å²) in [4.78, 5) is 2.14. The maximum atomic E-state index is 12.0. The molecule has 1 saturated heterocycles. The molecule has 0 amide bonds. The van der Waals surface area contributed by atoms with Crippen molar-refractivity contribution in [3.05, 3.63) is 63.9 Å². The third-order valence-electron chi connectivity index (χ3n) is 5.68. The molecule has 9 heteroatoms. The van der Waals surface area contributed by atoms with Crippen LogP contribution < -0.4 is 0 Å². The number of halogens is 1. The van der Waals surface area contributed by atoms with Gasteiger partial charge in [-0.3, -0.25) is 9.47 Å². The van der Waals surface area contributed by atoms with Crippen LogP contribution in [0.25, 0.3) is 17.1 Å². The normalized spacial score (nSPS) is 18.0. The van der Waals surface area contributed by atoms with Gasteiger partial charge in [0.25, 0.3) is 0 Å². The molecule has 3 aromatic rings. The summed E-state index contributed by atoms with van der Waals surface area (Å²) in [6.45, 7) is 5.23. The fourth-order valence-corrected chi connectivity index (χ4v) is 6.10. The second-order valence-electron chi connectivity index (χ2n) is 7.89. The molecule has 0 bridgehead atoms. The second kappa shape index (κ2) is 8.86. The van der Waals surface area contributed by atoms with Crippen molar-refractivity contribution >= 4 is 33.7 Å². The predicted octanol–water partition coefficient (Wildman–Crippen LogP) is 4.50. The predicted molar refractivity (Wildman–Crippen MR) is 127 cm³/mol. The summed E-state index contributed by atoms with van der Waals surface area (Å²) >= 11 is 11.9. The van der Waals surface area contributed by atoms with Gasteiger partial charge in [-0.05, 0) is 68.5 Å². The molecule has 6 nitrogen and oxygen atoms in total. The SMILES string of the molecule is CCN(Cn1nc(-c2ccc(Cl)cc2)n(-c2ccc(C)cc2)c1=S)[C@H]1CCS(=O)(=O)C1. The number of hydrogen-bond acceptors (Lipinski definition) is 5. The van der Waals surface area contributed by atoms with Gasteiger partial charge in [-0.2, -0.15) is 0 Å². The molecular formula is C22H25ClN4O2S2. The minimum Gasteiger partial charge on any atom is -0.281 e. The van der Waals surface area contributed by atoms with E-state index in [2.05, 4.69) is 4.90 Å². The minimum absolute atomic E-state index is 0.0135. The van der Waals surface area contributed by atoms with Gasteiger partial charge in [-0.25, -0.2) is 13.1 Å². The zero-order chi connectivity index (χ0) is 22.2. The molecule has 1 fully saturated rings. The highest BCUT2D eigenvalue weighted by molar-refractivity contribution is 7.91. The summed E-state index contributed by atoms with van der Waals surface area (Å²) in [6.07, 6.45) is 0.645. The van der Waals surface area contributed by atoms with Crippen molar-refractivity contribution < 1.29 is 8.42 Å². The Balaban J connectivity index is 1.76. The maximum Gasteiger partial charge on any atom is 0.204 e. The largest absolute Gasteiger partial charge is 0.281 e. The fourth-order valence-electron chi connectivity index (χ4n) is 3.92. The molecule has 0 N–H and O–H groups in total. The third kappa shape index (κ3) is 4.77. The molecule has 1 aromatic heterocycles. The van der Waals surface area contributed by atoms with E-state index in [1.165, 1.54) is 0 Å². The van der Waals surface area contributed by atoms with Crippen molar-refractivity contribution in [1.29, 1.82) is 0 Å². The highest BCUT2D eigenvalue weighted by Gasteiger charge is 2.32. The summed E-state index contributed by atoms with van der Waals surface area (Å²) in [5.41, 5.74) is 3.00. The van der Waals surface area contributed by atoms with Crippen LogP contribution in [0.3, 0.4) is 0 Å². The van der Waals surface area contributed by atoms with Crippen LogP contribution in [0.2, 0.25) is 5.02 Å². The first-order valence-electron chi connectivity index (χ1n) is 10.2. The van der Waals surface area contributed by atoms with Gasteiger partial charge < -0.3 is 0 Å². The van der Waals surface area contributed by atoms with Crippen LogP contribution in [0.1, 0.15) is 18.9 Å². The Morgan fingerprint density at radius 2 is 1.84 bits per heavy atom. The average molecular weight is 477 g/mol. The third-order valence-corrected chi connectivity index (χ3v) is 8.08. The summed E-state index contributed by atoms with van der Waals surface area (Å²) in [5, 5.41) is 5.50. The van der Waals surface area contributed by atoms with Gasteiger partial charge in [0.05, 0.1) is 18.2 Å². The molecule has 0 spiro atoms. The summed E-state index contributed by atoms with van der Waals surface area (Å²) in [5.74, 6) is 1.16. The molecule has 1 atom stereocenters. The molecule has 31 heavy (non-hydrogen) atoms. The smallest absolute Gasteiger partial charge is 0.204 e. The lowest BCUT2D eigenvalue weighted by Gasteiger charge is -2.26. The summed E-state index contributed by atoms with van der Waals surface area (Å²) in [7, 11) is -2.97. The first-order chi connectivity index (χ1) is 14.8. The maximum absolute atomic E-state index is 12.0. The van der Waals surface area contributed by atoms with E-state index in [1.807, 2.05) is 66.9 Å². The lowest BCUT2D eigenvalue weighted by molar-refractivity contribution is 0.164. The quantitative estimate of drug-likeness (QED) is 0.490. The van der Waals surface area contributed by atoms with Crippen molar-refractivity contribution in [1.82, 2.24) is 19.2 Å². The highest BCUT2D eigenvalue weighted by atomic mass is 35.5. The molecule has 0 saturated carbocycles. The zero-order valence-corrected chi connectivity index (χ0v) is 19.9. The van der Waals surface area contributed by atoms with Crippen molar-refractivity contribution in [2.45, 2.75) is 33.0 Å². The lowest BCUT2D eigenvalue weighted by Crippen LogP contribution is -2.37. The minimum atomic E-state index is -2.97. The monoisotopic (exact) mass is 476 g/mol. The van der Waals surface area contributed by atoms with E-state index in [-0.39, 0.29) is 17.5 Å². The van der Waals surface area contributed by atoms with Gasteiger partial charge in [0.1, 0.15) is 0 Å². The molecule has 4 rings (SSSR count). The van der Waals surface area contributed by atoms with Gasteiger partial charge >= 0.3 is 0 Å². The highest BCUT2D eigenvalue weighted by Crippen LogP contribution is 2.25. The van der Waals surface area contributed by atoms with E-state index in [1.54, 1.807) is 4.68 Å². The van der Waals surface area contributed by atoms with E-state index in [0.29, 0.717) is 22.9 Å². The molecule has 2 aromatic carbocycles. The topological polar surface area (TPSA) is 60.1 Å². The number of nitrogens with zero attached hydrogens (tertiary/aromatic N) is 4. The molecule has 164 valence electrons. The number of aromatic nitrogens is 3. The van der Waals surface area contributed by atoms with Gasteiger partial charge in [-0.15, -0.1) is 5.10 Å². The second-order valence-corrected chi connectivity index (χ2v) is 10.9. The molecular weight excluding hydrogens is 452 g/mol. The van der Waals surface area contributed by atoms with Crippen LogP contribution in [-0.4, -0.2) is 51.8 Å². The Morgan fingerprint density at radius 3 is 2.42 bits per heavy atom. The number of sulfone groups is 1. The Morgan fingerprint density at radius 1 is 1.16 bits per heavy atom. The van der Waals surface area contributed by atoms with Crippen molar-refractivity contribution in [2.75, 3.05) is 18.1 Å². The van der Waals surface area contributed by atoms with Gasteiger partial charge in [0, 0.05) is 22.3 Å². The Labute approximate surface area is 193 Å². The number of rotatable bonds is 6. The van der Waals surface area contributed by atoms with E-state index < -0.39 is 9.84 Å². The molecule has 2 heterocycles. The average Bonchev–Trinajstić information content (AvgIpc) is 3.26. The summed E-state index contributed by atoms with van der Waals surface area (Å²) in [6, 6.07) is 15.6. The number of aryl methyl sites for hydroxylation is 1. The van der Waals surface area contributed by atoms with Crippen molar-refractivity contribution in [3.63, 3.8) is 0 Å². The number of benzene rings is 2. The van der Waals surface area contributed by atoms with E-state index in [4.69, 9.17) is 28.9 Å². The first-order valence-corrected chi connectivity index (χ1v) is 12.9. The summed E-state index contributed by atoms with van der Waals surface area (Å²) < 4.78 is 28.3. The molecule has 0 aliphatic carbocycles. The van der Waals surface area contributed by atoms with Crippen molar-refractivity contribution in [2.24, 2.45) is 0 Å². The Bertz CT molecular complexity index is 1230. The fraction of sp³-hybridized carbons (Fsp3) is 0.364. The van der Waals surface area contributed by atoms with Gasteiger partial charge in [-0.1, -0.05) is 36.2 Å². The van der Waals surface area contributed by atoms with Gasteiger partial charge in [0.2, 0.25) is 4.77 Å². The molecule has 0 radical (unpaired) electrons. The van der Waals surface area contributed by atoms with E-state index in [9.17, 15) is 8.42 Å². The molecule has 1 aliphatic heterocycles. The van der Waals surface area contributed by atoms with Crippen LogP contribution in [0.4, 0.5) is 0 Å². The zero-order valence-electron chi connectivity index (χ0n) is 17.5. The molecule has 0 unspecified atom stereocenters. The number of hydrogen-bond donors (Lipinski definition) is 0. The lowest BCUT2D eigenvalue weighted by atomic mass is 10.2. The standard InChI is InChI=1S/C22H25ClN4O2S2/c1-3-25(20-12-13-31(28,29)14-20)15-26-22(30)27(19-10-4-16(2)5-11-19)21(24-26)17-6-8-18(23)9-7-17/h4-11,20H,3,12-15H2,1-2H3/t20-/m0/s1. The van der Waals surface area contributed by atoms with Gasteiger partial charge in [0.15, 0.2) is 15.7 Å².